The fraction of sp³-hybridized carbons (Fsp3) is 0.364. The van der Waals surface area contributed by atoms with E-state index < -0.39 is 5.97 Å². The summed E-state index contributed by atoms with van der Waals surface area (Å²) in [5, 5.41) is 3.24. The second-order valence-electron chi connectivity index (χ2n) is 6.84. The first-order valence-corrected chi connectivity index (χ1v) is 9.43. The van der Waals surface area contributed by atoms with E-state index in [0.29, 0.717) is 11.3 Å². The van der Waals surface area contributed by atoms with Crippen molar-refractivity contribution in [2.45, 2.75) is 25.8 Å². The van der Waals surface area contributed by atoms with Crippen LogP contribution in [-0.2, 0) is 11.2 Å². The summed E-state index contributed by atoms with van der Waals surface area (Å²) < 4.78 is 20.6. The van der Waals surface area contributed by atoms with Gasteiger partial charge in [0.15, 0.2) is 17.3 Å². The van der Waals surface area contributed by atoms with Crippen molar-refractivity contribution in [3.63, 3.8) is 0 Å². The van der Waals surface area contributed by atoms with Crippen LogP contribution in [0.5, 0.6) is 17.2 Å². The Kier molecular flexibility index (Phi) is 6.72. The molecule has 0 aliphatic carbocycles. The minimum Gasteiger partial charge on any atom is -0.496 e. The van der Waals surface area contributed by atoms with Crippen molar-refractivity contribution in [2.24, 2.45) is 0 Å². The van der Waals surface area contributed by atoms with Crippen LogP contribution in [0.3, 0.4) is 0 Å². The van der Waals surface area contributed by atoms with Gasteiger partial charge in [-0.05, 0) is 55.7 Å². The number of methoxy groups -OCH3 is 2. The number of rotatable bonds is 9. The molecule has 0 aromatic heterocycles. The van der Waals surface area contributed by atoms with Gasteiger partial charge in [0, 0.05) is 11.6 Å². The van der Waals surface area contributed by atoms with Crippen LogP contribution in [0.15, 0.2) is 36.4 Å². The van der Waals surface area contributed by atoms with E-state index in [4.69, 9.17) is 18.9 Å². The smallest absolute Gasteiger partial charge is 0.341 e. The fourth-order valence-electron chi connectivity index (χ4n) is 3.10. The zero-order valence-corrected chi connectivity index (χ0v) is 16.8. The predicted molar refractivity (Wildman–Crippen MR) is 107 cm³/mol. The third-order valence-electron chi connectivity index (χ3n) is 4.84. The highest BCUT2D eigenvalue weighted by molar-refractivity contribution is 6.01. The largest absolute Gasteiger partial charge is 0.496 e. The van der Waals surface area contributed by atoms with E-state index in [1.807, 2.05) is 25.1 Å². The van der Waals surface area contributed by atoms with E-state index in [2.05, 4.69) is 5.32 Å². The van der Waals surface area contributed by atoms with Gasteiger partial charge in [0.25, 0.3) is 0 Å². The molecule has 3 rings (SSSR count). The molecule has 7 nitrogen and oxygen atoms in total. The fourth-order valence-corrected chi connectivity index (χ4v) is 3.10. The summed E-state index contributed by atoms with van der Waals surface area (Å²) in [6.07, 6.45) is 1.72. The highest BCUT2D eigenvalue weighted by atomic mass is 16.7. The summed E-state index contributed by atoms with van der Waals surface area (Å²) >= 11 is 0. The van der Waals surface area contributed by atoms with E-state index in [1.165, 1.54) is 20.3 Å². The second-order valence-corrected chi connectivity index (χ2v) is 6.84. The number of carbonyl (C=O) groups is 2. The molecule has 0 spiro atoms. The van der Waals surface area contributed by atoms with Gasteiger partial charge in [-0.2, -0.15) is 0 Å². The zero-order valence-electron chi connectivity index (χ0n) is 16.8. The molecule has 1 aliphatic rings. The molecule has 29 heavy (non-hydrogen) atoms. The monoisotopic (exact) mass is 399 g/mol. The Bertz CT molecular complexity index is 895. The Hall–Kier alpha value is -3.06. The first-order valence-electron chi connectivity index (χ1n) is 9.43. The van der Waals surface area contributed by atoms with Crippen molar-refractivity contribution < 1.29 is 28.5 Å². The number of hydrogen-bond donors (Lipinski definition) is 1. The number of ketones is 1. The lowest BCUT2D eigenvalue weighted by atomic mass is 10.0. The zero-order chi connectivity index (χ0) is 20.8. The molecule has 1 unspecified atom stereocenters. The number of Topliss-reactive ketones (excluding diaryl/α,β-unsaturated/α-hetero) is 1. The summed E-state index contributed by atoms with van der Waals surface area (Å²) in [6.45, 7) is 2.48. The van der Waals surface area contributed by atoms with Crippen LogP contribution in [0.2, 0.25) is 0 Å². The Balaban J connectivity index is 1.52. The minimum absolute atomic E-state index is 0.104. The SMILES string of the molecule is COC(=O)c1cc(C(=O)CNC(C)CCc2ccc3c(c2)OCO3)ccc1OC. The molecule has 2 aromatic carbocycles. The average Bonchev–Trinajstić information content (AvgIpc) is 3.22. The molecule has 0 saturated carbocycles. The summed E-state index contributed by atoms with van der Waals surface area (Å²) in [7, 11) is 2.76. The molecule has 1 N–H and O–H groups in total. The third-order valence-corrected chi connectivity index (χ3v) is 4.84. The lowest BCUT2D eigenvalue weighted by Gasteiger charge is -2.14. The quantitative estimate of drug-likeness (QED) is 0.513. The molecule has 7 heteroatoms. The third kappa shape index (κ3) is 5.06. The number of ether oxygens (including phenoxy) is 4. The van der Waals surface area contributed by atoms with Gasteiger partial charge >= 0.3 is 5.97 Å². The van der Waals surface area contributed by atoms with Crippen LogP contribution in [-0.4, -0.2) is 45.4 Å². The Morgan fingerprint density at radius 3 is 2.66 bits per heavy atom. The maximum atomic E-state index is 12.5. The second kappa shape index (κ2) is 9.43. The standard InChI is InChI=1S/C22H25NO6/c1-14(4-5-15-6-8-20-21(10-15)29-13-28-20)23-12-18(24)16-7-9-19(26-2)17(11-16)22(25)27-3/h6-11,14,23H,4-5,12-13H2,1-3H3. The molecule has 1 heterocycles. The number of fused-ring (bicyclic) bond motifs is 1. The molecule has 0 fully saturated rings. The van der Waals surface area contributed by atoms with Gasteiger partial charge in [-0.15, -0.1) is 0 Å². The lowest BCUT2D eigenvalue weighted by molar-refractivity contribution is 0.0597. The van der Waals surface area contributed by atoms with E-state index in [1.54, 1.807) is 12.1 Å². The first kappa shape index (κ1) is 20.7. The average molecular weight is 399 g/mol. The Morgan fingerprint density at radius 1 is 1.10 bits per heavy atom. The number of carbonyl (C=O) groups excluding carboxylic acids is 2. The summed E-state index contributed by atoms with van der Waals surface area (Å²) in [5.74, 6) is 1.28. The number of benzene rings is 2. The molecule has 2 aromatic rings. The van der Waals surface area contributed by atoms with Gasteiger partial charge in [-0.25, -0.2) is 4.79 Å². The Labute approximate surface area is 169 Å². The van der Waals surface area contributed by atoms with Crippen molar-refractivity contribution in [3.8, 4) is 17.2 Å². The van der Waals surface area contributed by atoms with Crippen LogP contribution in [0.1, 0.15) is 39.6 Å². The maximum Gasteiger partial charge on any atom is 0.341 e. The molecule has 1 aliphatic heterocycles. The molecular weight excluding hydrogens is 374 g/mol. The molecule has 0 bridgehead atoms. The van der Waals surface area contributed by atoms with Crippen molar-refractivity contribution in [1.29, 1.82) is 0 Å². The van der Waals surface area contributed by atoms with Crippen LogP contribution in [0.4, 0.5) is 0 Å². The highest BCUT2D eigenvalue weighted by Gasteiger charge is 2.17. The molecular formula is C22H25NO6. The van der Waals surface area contributed by atoms with E-state index >= 15 is 0 Å². The number of aryl methyl sites for hydroxylation is 1. The first-order chi connectivity index (χ1) is 14.0. The molecule has 154 valence electrons. The van der Waals surface area contributed by atoms with E-state index in [0.717, 1.165) is 29.9 Å². The number of esters is 1. The lowest BCUT2D eigenvalue weighted by Crippen LogP contribution is -2.32. The topological polar surface area (TPSA) is 83.1 Å². The number of nitrogens with one attached hydrogen (secondary N) is 1. The summed E-state index contributed by atoms with van der Waals surface area (Å²) in [6, 6.07) is 10.8. The van der Waals surface area contributed by atoms with Crippen LogP contribution in [0, 0.1) is 0 Å². The normalized spacial score (nSPS) is 13.1. The summed E-state index contributed by atoms with van der Waals surface area (Å²) in [5.41, 5.74) is 1.82. The van der Waals surface area contributed by atoms with Gasteiger partial charge < -0.3 is 24.3 Å². The molecule has 0 radical (unpaired) electrons. The van der Waals surface area contributed by atoms with Gasteiger partial charge in [0.1, 0.15) is 11.3 Å². The number of hydrogen-bond acceptors (Lipinski definition) is 7. The van der Waals surface area contributed by atoms with Crippen molar-refractivity contribution in [3.05, 3.63) is 53.1 Å². The van der Waals surface area contributed by atoms with Gasteiger partial charge in [-0.1, -0.05) is 6.07 Å². The Morgan fingerprint density at radius 2 is 1.90 bits per heavy atom. The minimum atomic E-state index is -0.540. The van der Waals surface area contributed by atoms with Crippen molar-refractivity contribution in [2.75, 3.05) is 27.6 Å². The van der Waals surface area contributed by atoms with Crippen molar-refractivity contribution in [1.82, 2.24) is 5.32 Å². The molecule has 0 saturated heterocycles. The molecule has 1 atom stereocenters. The van der Waals surface area contributed by atoms with Gasteiger partial charge in [0.05, 0.1) is 20.8 Å². The van der Waals surface area contributed by atoms with Crippen LogP contribution >= 0.6 is 0 Å². The van der Waals surface area contributed by atoms with Crippen LogP contribution in [0.25, 0.3) is 0 Å². The van der Waals surface area contributed by atoms with Gasteiger partial charge in [-0.3, -0.25) is 4.79 Å². The highest BCUT2D eigenvalue weighted by Crippen LogP contribution is 2.32. The van der Waals surface area contributed by atoms with E-state index in [9.17, 15) is 9.59 Å². The van der Waals surface area contributed by atoms with Gasteiger partial charge in [0.2, 0.25) is 6.79 Å². The molecule has 0 amide bonds. The van der Waals surface area contributed by atoms with Crippen molar-refractivity contribution >= 4 is 11.8 Å². The predicted octanol–water partition coefficient (Wildman–Crippen LogP) is 3.00. The van der Waals surface area contributed by atoms with E-state index in [-0.39, 0.29) is 30.7 Å². The summed E-state index contributed by atoms with van der Waals surface area (Å²) in [4.78, 5) is 24.4. The van der Waals surface area contributed by atoms with Crippen LogP contribution < -0.4 is 19.5 Å². The maximum absolute atomic E-state index is 12.5.